The normalized spacial score (nSPS) is 21.3. The second kappa shape index (κ2) is 9.03. The zero-order chi connectivity index (χ0) is 18.4. The molecule has 2 aliphatic rings. The van der Waals surface area contributed by atoms with E-state index in [1.54, 1.807) is 0 Å². The number of amides is 1. The number of carbonyl (C=O) groups excluding carboxylic acids is 2. The lowest BCUT2D eigenvalue weighted by molar-refractivity contribution is -0.146. The van der Waals surface area contributed by atoms with E-state index < -0.39 is 0 Å². The number of nitrogens with zero attached hydrogens (tertiary/aromatic N) is 2. The second-order valence-electron chi connectivity index (χ2n) is 7.15. The van der Waals surface area contributed by atoms with Crippen molar-refractivity contribution in [1.82, 2.24) is 4.90 Å². The van der Waals surface area contributed by atoms with Gasteiger partial charge in [0.25, 0.3) is 0 Å². The van der Waals surface area contributed by atoms with Crippen molar-refractivity contribution in [2.24, 2.45) is 0 Å². The molecule has 0 aliphatic carbocycles. The molecule has 1 aromatic rings. The number of ether oxygens (including phenoxy) is 1. The first-order chi connectivity index (χ1) is 12.7. The Morgan fingerprint density at radius 3 is 2.38 bits per heavy atom. The Bertz CT molecular complexity index is 609. The largest absolute Gasteiger partial charge is 0.468 e. The van der Waals surface area contributed by atoms with Gasteiger partial charge in [0.1, 0.15) is 6.04 Å². The number of benzene rings is 1. The van der Waals surface area contributed by atoms with Gasteiger partial charge >= 0.3 is 5.97 Å². The van der Waals surface area contributed by atoms with Crippen LogP contribution in [0.25, 0.3) is 0 Å². The van der Waals surface area contributed by atoms with Crippen molar-refractivity contribution < 1.29 is 14.3 Å². The lowest BCUT2D eigenvalue weighted by atomic mass is 10.2. The minimum Gasteiger partial charge on any atom is -0.468 e. The summed E-state index contributed by atoms with van der Waals surface area (Å²) >= 11 is 0. The van der Waals surface area contributed by atoms with Gasteiger partial charge in [0.2, 0.25) is 5.91 Å². The summed E-state index contributed by atoms with van der Waals surface area (Å²) in [5, 5.41) is 2.94. The fourth-order valence-corrected chi connectivity index (χ4v) is 3.89. The summed E-state index contributed by atoms with van der Waals surface area (Å²) in [5.74, 6) is -0.347. The molecule has 142 valence electrons. The molecule has 0 spiro atoms. The molecule has 2 aliphatic heterocycles. The van der Waals surface area contributed by atoms with Crippen LogP contribution in [-0.2, 0) is 14.3 Å². The molecule has 3 rings (SSSR count). The first-order valence-corrected chi connectivity index (χ1v) is 9.64. The van der Waals surface area contributed by atoms with Crippen molar-refractivity contribution in [1.29, 1.82) is 0 Å². The highest BCUT2D eigenvalue weighted by Gasteiger charge is 2.32. The van der Waals surface area contributed by atoms with Gasteiger partial charge in [0.05, 0.1) is 13.7 Å². The Morgan fingerprint density at radius 2 is 1.73 bits per heavy atom. The van der Waals surface area contributed by atoms with E-state index >= 15 is 0 Å². The minimum absolute atomic E-state index is 0.0941. The maximum absolute atomic E-state index is 12.3. The second-order valence-corrected chi connectivity index (χ2v) is 7.15. The maximum Gasteiger partial charge on any atom is 0.323 e. The lowest BCUT2D eigenvalue weighted by Crippen LogP contribution is -2.41. The molecule has 0 aromatic heterocycles. The van der Waals surface area contributed by atoms with E-state index in [2.05, 4.69) is 22.3 Å². The molecule has 0 radical (unpaired) electrons. The number of rotatable bonds is 5. The Balaban J connectivity index is 1.53. The molecule has 0 saturated carbocycles. The molecule has 26 heavy (non-hydrogen) atoms. The molecular formula is C20H29N3O3. The Morgan fingerprint density at radius 1 is 1.04 bits per heavy atom. The SMILES string of the molecule is COC(=O)C1CCCN1CC(=O)Nc1ccc(N2CCCCCC2)cc1. The third kappa shape index (κ3) is 4.75. The summed E-state index contributed by atoms with van der Waals surface area (Å²) < 4.78 is 4.83. The average molecular weight is 359 g/mol. The number of anilines is 2. The van der Waals surface area contributed by atoms with Crippen LogP contribution in [0.4, 0.5) is 11.4 Å². The van der Waals surface area contributed by atoms with E-state index in [1.807, 2.05) is 17.0 Å². The van der Waals surface area contributed by atoms with Gasteiger partial charge in [-0.15, -0.1) is 0 Å². The first-order valence-electron chi connectivity index (χ1n) is 9.64. The Hall–Kier alpha value is -2.08. The maximum atomic E-state index is 12.3. The van der Waals surface area contributed by atoms with Gasteiger partial charge in [-0.25, -0.2) is 0 Å². The van der Waals surface area contributed by atoms with Gasteiger partial charge in [-0.05, 0) is 56.5 Å². The van der Waals surface area contributed by atoms with Gasteiger partial charge in [-0.2, -0.15) is 0 Å². The Kier molecular flexibility index (Phi) is 6.50. The summed E-state index contributed by atoms with van der Waals surface area (Å²) in [5.41, 5.74) is 2.01. The summed E-state index contributed by atoms with van der Waals surface area (Å²) in [6.45, 7) is 3.18. The van der Waals surface area contributed by atoms with Crippen molar-refractivity contribution in [2.45, 2.75) is 44.6 Å². The zero-order valence-corrected chi connectivity index (χ0v) is 15.6. The molecule has 2 saturated heterocycles. The molecule has 1 N–H and O–H groups in total. The van der Waals surface area contributed by atoms with Crippen LogP contribution >= 0.6 is 0 Å². The highest BCUT2D eigenvalue weighted by atomic mass is 16.5. The molecule has 1 atom stereocenters. The monoisotopic (exact) mass is 359 g/mol. The molecule has 2 heterocycles. The number of hydrogen-bond donors (Lipinski definition) is 1. The molecule has 1 amide bonds. The third-order valence-electron chi connectivity index (χ3n) is 5.31. The molecule has 1 unspecified atom stereocenters. The van der Waals surface area contributed by atoms with Crippen molar-refractivity contribution in [2.75, 3.05) is 43.5 Å². The number of methoxy groups -OCH3 is 1. The van der Waals surface area contributed by atoms with E-state index in [0.717, 1.165) is 38.2 Å². The predicted molar refractivity (Wildman–Crippen MR) is 102 cm³/mol. The van der Waals surface area contributed by atoms with Crippen molar-refractivity contribution in [3.05, 3.63) is 24.3 Å². The lowest BCUT2D eigenvalue weighted by Gasteiger charge is -2.23. The van der Waals surface area contributed by atoms with E-state index in [9.17, 15) is 9.59 Å². The summed E-state index contributed by atoms with van der Waals surface area (Å²) in [6, 6.07) is 7.78. The van der Waals surface area contributed by atoms with E-state index in [4.69, 9.17) is 4.74 Å². The summed E-state index contributed by atoms with van der Waals surface area (Å²) in [4.78, 5) is 28.4. The topological polar surface area (TPSA) is 61.9 Å². The smallest absolute Gasteiger partial charge is 0.323 e. The molecule has 0 bridgehead atoms. The quantitative estimate of drug-likeness (QED) is 0.819. The van der Waals surface area contributed by atoms with Crippen molar-refractivity contribution >= 4 is 23.3 Å². The predicted octanol–water partition coefficient (Wildman–Crippen LogP) is 2.64. The van der Waals surface area contributed by atoms with Crippen LogP contribution in [0.1, 0.15) is 38.5 Å². The fourth-order valence-electron chi connectivity index (χ4n) is 3.89. The fraction of sp³-hybridized carbons (Fsp3) is 0.600. The van der Waals surface area contributed by atoms with Crippen LogP contribution in [0, 0.1) is 0 Å². The third-order valence-corrected chi connectivity index (χ3v) is 5.31. The molecule has 1 aromatic carbocycles. The van der Waals surface area contributed by atoms with Gasteiger partial charge in [0.15, 0.2) is 0 Å². The average Bonchev–Trinajstić information content (AvgIpc) is 2.93. The van der Waals surface area contributed by atoms with Crippen LogP contribution in [-0.4, -0.2) is 56.1 Å². The minimum atomic E-state index is -0.295. The number of carbonyl (C=O) groups is 2. The number of esters is 1. The molecule has 2 fully saturated rings. The van der Waals surface area contributed by atoms with Crippen LogP contribution in [0.2, 0.25) is 0 Å². The molecular weight excluding hydrogens is 330 g/mol. The first kappa shape index (κ1) is 18.7. The highest BCUT2D eigenvalue weighted by Crippen LogP contribution is 2.22. The van der Waals surface area contributed by atoms with Crippen LogP contribution in [0.5, 0.6) is 0 Å². The van der Waals surface area contributed by atoms with Crippen molar-refractivity contribution in [3.63, 3.8) is 0 Å². The summed E-state index contributed by atoms with van der Waals surface area (Å²) in [7, 11) is 1.39. The van der Waals surface area contributed by atoms with Crippen LogP contribution in [0.3, 0.4) is 0 Å². The Labute approximate surface area is 155 Å². The highest BCUT2D eigenvalue weighted by molar-refractivity contribution is 5.93. The van der Waals surface area contributed by atoms with Crippen molar-refractivity contribution in [3.8, 4) is 0 Å². The number of hydrogen-bond acceptors (Lipinski definition) is 5. The van der Waals surface area contributed by atoms with E-state index in [-0.39, 0.29) is 24.5 Å². The number of likely N-dealkylation sites (tertiary alicyclic amines) is 1. The van der Waals surface area contributed by atoms with E-state index in [0.29, 0.717) is 0 Å². The molecule has 6 heteroatoms. The van der Waals surface area contributed by atoms with Gasteiger partial charge in [-0.1, -0.05) is 12.8 Å². The van der Waals surface area contributed by atoms with E-state index in [1.165, 1.54) is 38.5 Å². The summed E-state index contributed by atoms with van der Waals surface area (Å²) in [6.07, 6.45) is 6.79. The standard InChI is InChI=1S/C20H29N3O3/c1-26-20(25)18-7-6-14-23(18)15-19(24)21-16-8-10-17(11-9-16)22-12-4-2-3-5-13-22/h8-11,18H,2-7,12-15H2,1H3,(H,21,24). The van der Waals surface area contributed by atoms with Gasteiger partial charge < -0.3 is 15.0 Å². The number of nitrogens with one attached hydrogen (secondary N) is 1. The van der Waals surface area contributed by atoms with Gasteiger partial charge in [0, 0.05) is 24.5 Å². The zero-order valence-electron chi connectivity index (χ0n) is 15.6. The van der Waals surface area contributed by atoms with Gasteiger partial charge in [-0.3, -0.25) is 14.5 Å². The van der Waals surface area contributed by atoms with Crippen LogP contribution in [0.15, 0.2) is 24.3 Å². The molecule has 6 nitrogen and oxygen atoms in total. The van der Waals surface area contributed by atoms with Crippen LogP contribution < -0.4 is 10.2 Å².